The second kappa shape index (κ2) is 10.5. The zero-order chi connectivity index (χ0) is 23.1. The van der Waals surface area contributed by atoms with E-state index < -0.39 is 11.2 Å². The molecule has 3 rings (SSSR count). The maximum Gasteiger partial charge on any atom is 0.330 e. The van der Waals surface area contributed by atoms with E-state index >= 15 is 0 Å². The van der Waals surface area contributed by atoms with Gasteiger partial charge in [-0.05, 0) is 24.1 Å². The molecule has 1 heterocycles. The number of hydrogen-bond donors (Lipinski definition) is 2. The van der Waals surface area contributed by atoms with Crippen molar-refractivity contribution in [2.75, 3.05) is 29.1 Å². The van der Waals surface area contributed by atoms with Crippen LogP contribution in [0.15, 0.2) is 70.3 Å². The Balaban J connectivity index is 2.01. The largest absolute Gasteiger partial charge is 0.383 e. The summed E-state index contributed by atoms with van der Waals surface area (Å²) >= 11 is 0. The number of nitrogen functional groups attached to an aromatic ring is 1. The van der Waals surface area contributed by atoms with Crippen molar-refractivity contribution < 1.29 is 4.79 Å². The number of unbranched alkanes of at least 4 members (excludes halogenated alkanes) is 1. The topological polar surface area (TPSA) is 104 Å². The van der Waals surface area contributed by atoms with E-state index in [4.69, 9.17) is 5.73 Å². The second-order valence-corrected chi connectivity index (χ2v) is 7.63. The van der Waals surface area contributed by atoms with Gasteiger partial charge in [0.05, 0.1) is 6.54 Å². The highest BCUT2D eigenvalue weighted by molar-refractivity contribution is 5.96. The van der Waals surface area contributed by atoms with Gasteiger partial charge in [-0.25, -0.2) is 4.79 Å². The molecule has 0 fully saturated rings. The molecule has 8 nitrogen and oxygen atoms in total. The van der Waals surface area contributed by atoms with Gasteiger partial charge in [0, 0.05) is 25.8 Å². The molecule has 3 aromatic rings. The molecule has 0 aliphatic rings. The lowest BCUT2D eigenvalue weighted by Gasteiger charge is -2.28. The summed E-state index contributed by atoms with van der Waals surface area (Å²) in [6.45, 7) is 2.60. The van der Waals surface area contributed by atoms with Gasteiger partial charge in [-0.15, -0.1) is 0 Å². The summed E-state index contributed by atoms with van der Waals surface area (Å²) in [5.74, 6) is -0.143. The van der Waals surface area contributed by atoms with Gasteiger partial charge in [0.15, 0.2) is 0 Å². The smallest absolute Gasteiger partial charge is 0.330 e. The van der Waals surface area contributed by atoms with Crippen molar-refractivity contribution >= 4 is 23.1 Å². The summed E-state index contributed by atoms with van der Waals surface area (Å²) in [5, 5.41) is 0. The second-order valence-electron chi connectivity index (χ2n) is 7.63. The number of nitrogens with zero attached hydrogens (tertiary/aromatic N) is 3. The quantitative estimate of drug-likeness (QED) is 0.538. The van der Waals surface area contributed by atoms with Crippen LogP contribution in [-0.4, -0.2) is 29.1 Å². The Morgan fingerprint density at radius 2 is 1.66 bits per heavy atom. The molecule has 1 amide bonds. The Kier molecular flexibility index (Phi) is 7.49. The minimum Gasteiger partial charge on any atom is -0.383 e. The van der Waals surface area contributed by atoms with Gasteiger partial charge in [-0.3, -0.25) is 19.1 Å². The number of aromatic amines is 1. The number of H-pyrrole nitrogens is 1. The molecule has 0 aliphatic carbocycles. The van der Waals surface area contributed by atoms with E-state index in [1.54, 1.807) is 11.9 Å². The third-order valence-corrected chi connectivity index (χ3v) is 5.33. The summed E-state index contributed by atoms with van der Waals surface area (Å²) in [6.07, 6.45) is 1.61. The van der Waals surface area contributed by atoms with Gasteiger partial charge in [0.2, 0.25) is 5.91 Å². The first-order valence-corrected chi connectivity index (χ1v) is 10.7. The molecule has 32 heavy (non-hydrogen) atoms. The van der Waals surface area contributed by atoms with E-state index in [-0.39, 0.29) is 30.5 Å². The molecule has 8 heteroatoms. The molecular formula is C24H29N5O3. The fraction of sp³-hybridized carbons (Fsp3) is 0.292. The van der Waals surface area contributed by atoms with Gasteiger partial charge < -0.3 is 15.5 Å². The number of nitrogens with one attached hydrogen (secondary N) is 1. The molecule has 0 unspecified atom stereocenters. The van der Waals surface area contributed by atoms with Gasteiger partial charge in [-0.1, -0.05) is 61.9 Å². The van der Waals surface area contributed by atoms with Crippen LogP contribution in [0.5, 0.6) is 0 Å². The molecule has 0 aliphatic heterocycles. The van der Waals surface area contributed by atoms with E-state index in [0.717, 1.165) is 24.1 Å². The summed E-state index contributed by atoms with van der Waals surface area (Å²) in [5.41, 5.74) is 6.95. The van der Waals surface area contributed by atoms with E-state index in [2.05, 4.69) is 4.98 Å². The third kappa shape index (κ3) is 5.26. The normalized spacial score (nSPS) is 10.7. The predicted molar refractivity (Wildman–Crippen MR) is 128 cm³/mol. The monoisotopic (exact) mass is 435 g/mol. The van der Waals surface area contributed by atoms with Crippen LogP contribution in [0.1, 0.15) is 25.3 Å². The van der Waals surface area contributed by atoms with Crippen LogP contribution in [0.2, 0.25) is 0 Å². The van der Waals surface area contributed by atoms with Crippen molar-refractivity contribution in [3.05, 3.63) is 87.1 Å². The molecule has 1 aromatic heterocycles. The molecule has 0 spiro atoms. The Bertz CT molecular complexity index is 1160. The first-order valence-electron chi connectivity index (χ1n) is 10.7. The number of aromatic nitrogens is 2. The number of amides is 1. The number of anilines is 3. The minimum absolute atomic E-state index is 0.0679. The zero-order valence-corrected chi connectivity index (χ0v) is 18.5. The number of carbonyl (C=O) groups is 1. The number of nitrogens with two attached hydrogens (primary N) is 1. The van der Waals surface area contributed by atoms with Crippen LogP contribution >= 0.6 is 0 Å². The van der Waals surface area contributed by atoms with Crippen LogP contribution < -0.4 is 26.8 Å². The Morgan fingerprint density at radius 1 is 1.03 bits per heavy atom. The zero-order valence-electron chi connectivity index (χ0n) is 18.5. The van der Waals surface area contributed by atoms with Crippen LogP contribution in [-0.2, 0) is 17.9 Å². The first-order chi connectivity index (χ1) is 15.4. The Hall–Kier alpha value is -3.81. The van der Waals surface area contributed by atoms with E-state index in [9.17, 15) is 14.4 Å². The van der Waals surface area contributed by atoms with Crippen molar-refractivity contribution in [3.63, 3.8) is 0 Å². The highest BCUT2D eigenvalue weighted by Gasteiger charge is 2.23. The van der Waals surface area contributed by atoms with Crippen molar-refractivity contribution in [2.45, 2.75) is 32.9 Å². The summed E-state index contributed by atoms with van der Waals surface area (Å²) in [6, 6.07) is 18.8. The van der Waals surface area contributed by atoms with Gasteiger partial charge in [-0.2, -0.15) is 0 Å². The number of hydrogen-bond acceptors (Lipinski definition) is 5. The van der Waals surface area contributed by atoms with Gasteiger partial charge >= 0.3 is 5.69 Å². The fourth-order valence-electron chi connectivity index (χ4n) is 3.50. The summed E-state index contributed by atoms with van der Waals surface area (Å²) < 4.78 is 1.36. The number of carbonyl (C=O) groups excluding carboxylic acids is 1. The Labute approximate surface area is 186 Å². The molecule has 3 N–H and O–H groups in total. The number of benzene rings is 2. The van der Waals surface area contributed by atoms with Gasteiger partial charge in [0.1, 0.15) is 11.5 Å². The molecule has 168 valence electrons. The van der Waals surface area contributed by atoms with Crippen LogP contribution in [0.3, 0.4) is 0 Å². The summed E-state index contributed by atoms with van der Waals surface area (Å²) in [4.78, 5) is 43.8. The summed E-state index contributed by atoms with van der Waals surface area (Å²) in [7, 11) is 1.69. The van der Waals surface area contributed by atoms with E-state index in [1.807, 2.05) is 67.6 Å². The van der Waals surface area contributed by atoms with Gasteiger partial charge in [0.25, 0.3) is 5.56 Å². The molecule has 0 radical (unpaired) electrons. The van der Waals surface area contributed by atoms with E-state index in [0.29, 0.717) is 6.54 Å². The molecular weight excluding hydrogens is 406 g/mol. The van der Waals surface area contributed by atoms with Crippen molar-refractivity contribution in [2.24, 2.45) is 0 Å². The Morgan fingerprint density at radius 3 is 2.28 bits per heavy atom. The van der Waals surface area contributed by atoms with Crippen molar-refractivity contribution in [1.82, 2.24) is 9.55 Å². The maximum absolute atomic E-state index is 13.1. The number of rotatable bonds is 9. The molecule has 0 atom stereocenters. The van der Waals surface area contributed by atoms with Crippen LogP contribution in [0.4, 0.5) is 17.2 Å². The molecule has 0 saturated carbocycles. The molecule has 0 bridgehead atoms. The third-order valence-electron chi connectivity index (χ3n) is 5.33. The number of likely N-dealkylation sites (N-methyl/N-ethyl adjacent to an activating group) is 1. The lowest BCUT2D eigenvalue weighted by Crippen LogP contribution is -2.43. The molecule has 0 saturated heterocycles. The van der Waals surface area contributed by atoms with Crippen molar-refractivity contribution in [3.8, 4) is 0 Å². The first kappa shape index (κ1) is 22.9. The standard InChI is InChI=1S/C24H29N5O3/c1-3-4-15-29-22(25)21(23(31)26-24(29)32)28(16-18-11-7-5-8-12-18)17-20(30)27(2)19-13-9-6-10-14-19/h5-14H,3-4,15-17,25H2,1-2H3,(H,26,31,32). The highest BCUT2D eigenvalue weighted by Crippen LogP contribution is 2.21. The SMILES string of the molecule is CCCCn1c(N)c(N(CC(=O)N(C)c2ccccc2)Cc2ccccc2)c(=O)[nH]c1=O. The molecule has 2 aromatic carbocycles. The van der Waals surface area contributed by atoms with Crippen LogP contribution in [0, 0.1) is 0 Å². The minimum atomic E-state index is -0.605. The van der Waals surface area contributed by atoms with Crippen molar-refractivity contribution in [1.29, 1.82) is 0 Å². The maximum atomic E-state index is 13.1. The fourth-order valence-corrected chi connectivity index (χ4v) is 3.50. The predicted octanol–water partition coefficient (Wildman–Crippen LogP) is 2.59. The van der Waals surface area contributed by atoms with Crippen LogP contribution in [0.25, 0.3) is 0 Å². The highest BCUT2D eigenvalue weighted by atomic mass is 16.2. The number of para-hydroxylation sites is 1. The lowest BCUT2D eigenvalue weighted by molar-refractivity contribution is -0.117. The average Bonchev–Trinajstić information content (AvgIpc) is 2.79. The van der Waals surface area contributed by atoms with E-state index in [1.165, 1.54) is 9.47 Å². The lowest BCUT2D eigenvalue weighted by atomic mass is 10.2. The average molecular weight is 436 g/mol.